The number of rotatable bonds is 4. The Morgan fingerprint density at radius 1 is 1.13 bits per heavy atom. The first kappa shape index (κ1) is 20.3. The van der Waals surface area contributed by atoms with Gasteiger partial charge >= 0.3 is 0 Å². The number of ether oxygens (including phenoxy) is 2. The van der Waals surface area contributed by atoms with Crippen LogP contribution < -0.4 is 14.8 Å². The summed E-state index contributed by atoms with van der Waals surface area (Å²) >= 11 is 7.79. The average molecular weight is 443 g/mol. The fourth-order valence-electron chi connectivity index (χ4n) is 3.56. The molecule has 0 saturated carbocycles. The minimum absolute atomic E-state index is 0.0952. The van der Waals surface area contributed by atoms with Crippen molar-refractivity contribution in [2.45, 2.75) is 6.04 Å². The zero-order valence-corrected chi connectivity index (χ0v) is 17.9. The van der Waals surface area contributed by atoms with Gasteiger partial charge < -0.3 is 19.7 Å². The zero-order chi connectivity index (χ0) is 21.3. The number of anilines is 1. The molecule has 1 aliphatic heterocycles. The number of carbonyl (C=O) groups is 2. The highest BCUT2D eigenvalue weighted by atomic mass is 35.5. The van der Waals surface area contributed by atoms with E-state index in [0.717, 1.165) is 10.4 Å². The predicted molar refractivity (Wildman–Crippen MR) is 117 cm³/mol. The van der Waals surface area contributed by atoms with Gasteiger partial charge in [0, 0.05) is 26.7 Å². The number of benzene rings is 2. The largest absolute Gasteiger partial charge is 0.493 e. The van der Waals surface area contributed by atoms with E-state index in [4.69, 9.17) is 21.1 Å². The molecule has 3 aromatic rings. The Balaban J connectivity index is 1.84. The molecular weight excluding hydrogens is 424 g/mol. The summed E-state index contributed by atoms with van der Waals surface area (Å²) < 4.78 is 10.6. The predicted octanol–water partition coefficient (Wildman–Crippen LogP) is 4.60. The van der Waals surface area contributed by atoms with Gasteiger partial charge in [-0.05, 0) is 47.8 Å². The number of nitrogens with zero attached hydrogens (tertiary/aromatic N) is 1. The summed E-state index contributed by atoms with van der Waals surface area (Å²) in [6, 6.07) is 13.6. The molecule has 0 spiro atoms. The molecule has 1 unspecified atom stereocenters. The van der Waals surface area contributed by atoms with E-state index in [-0.39, 0.29) is 18.4 Å². The van der Waals surface area contributed by atoms with E-state index in [1.54, 1.807) is 41.3 Å². The number of hydrogen-bond donors (Lipinski definition) is 1. The fourth-order valence-corrected chi connectivity index (χ4v) is 4.59. The van der Waals surface area contributed by atoms with Crippen molar-refractivity contribution in [2.75, 3.05) is 26.1 Å². The molecule has 1 aromatic heterocycles. The zero-order valence-electron chi connectivity index (χ0n) is 16.3. The van der Waals surface area contributed by atoms with Crippen LogP contribution in [0.15, 0.2) is 53.9 Å². The molecule has 8 heteroatoms. The first-order chi connectivity index (χ1) is 14.5. The molecule has 0 fully saturated rings. The Morgan fingerprint density at radius 3 is 2.63 bits per heavy atom. The summed E-state index contributed by atoms with van der Waals surface area (Å²) in [4.78, 5) is 28.7. The van der Waals surface area contributed by atoms with Crippen molar-refractivity contribution < 1.29 is 19.1 Å². The second-order valence-corrected chi connectivity index (χ2v) is 8.12. The van der Waals surface area contributed by atoms with E-state index in [2.05, 4.69) is 5.32 Å². The topological polar surface area (TPSA) is 67.9 Å². The lowest BCUT2D eigenvalue weighted by atomic mass is 10.0. The Morgan fingerprint density at radius 2 is 1.93 bits per heavy atom. The normalized spacial score (nSPS) is 15.8. The van der Waals surface area contributed by atoms with Gasteiger partial charge in [-0.25, -0.2) is 0 Å². The Hall–Kier alpha value is -3.03. The van der Waals surface area contributed by atoms with E-state index < -0.39 is 6.04 Å². The molecule has 1 atom stereocenters. The number of halogens is 1. The molecule has 0 bridgehead atoms. The van der Waals surface area contributed by atoms with Crippen LogP contribution in [0.1, 0.15) is 26.8 Å². The van der Waals surface area contributed by atoms with Crippen molar-refractivity contribution in [1.82, 2.24) is 4.90 Å². The van der Waals surface area contributed by atoms with Crippen LogP contribution in [0.5, 0.6) is 11.5 Å². The smallest absolute Gasteiger partial charge is 0.255 e. The lowest BCUT2D eigenvalue weighted by Gasteiger charge is -2.29. The SMILES string of the molecule is COc1ccc(C(=O)N2CC(=O)Nc3ccc(Cl)cc3C2c2cccs2)cc1OC. The van der Waals surface area contributed by atoms with E-state index in [1.807, 2.05) is 17.5 Å². The van der Waals surface area contributed by atoms with Gasteiger partial charge in [0.05, 0.1) is 20.3 Å². The third-order valence-corrected chi connectivity index (χ3v) is 6.07. The summed E-state index contributed by atoms with van der Waals surface area (Å²) in [5.41, 5.74) is 1.81. The lowest BCUT2D eigenvalue weighted by molar-refractivity contribution is -0.117. The third-order valence-electron chi connectivity index (χ3n) is 4.91. The van der Waals surface area contributed by atoms with Crippen molar-refractivity contribution in [1.29, 1.82) is 0 Å². The van der Waals surface area contributed by atoms with Gasteiger partial charge in [-0.3, -0.25) is 9.59 Å². The monoisotopic (exact) mass is 442 g/mol. The highest BCUT2D eigenvalue weighted by Crippen LogP contribution is 2.40. The van der Waals surface area contributed by atoms with Crippen molar-refractivity contribution in [3.8, 4) is 11.5 Å². The first-order valence-electron chi connectivity index (χ1n) is 9.17. The third kappa shape index (κ3) is 3.74. The molecule has 2 heterocycles. The van der Waals surface area contributed by atoms with E-state index >= 15 is 0 Å². The van der Waals surface area contributed by atoms with Gasteiger partial charge in [-0.1, -0.05) is 17.7 Å². The van der Waals surface area contributed by atoms with Gasteiger partial charge in [0.25, 0.3) is 5.91 Å². The van der Waals surface area contributed by atoms with Crippen LogP contribution in [0.3, 0.4) is 0 Å². The average Bonchev–Trinajstić information content (AvgIpc) is 3.23. The second kappa shape index (κ2) is 8.38. The summed E-state index contributed by atoms with van der Waals surface area (Å²) in [5, 5.41) is 5.36. The Bertz CT molecular complexity index is 1100. The van der Waals surface area contributed by atoms with E-state index in [0.29, 0.717) is 27.8 Å². The molecule has 1 N–H and O–H groups in total. The van der Waals surface area contributed by atoms with Gasteiger partial charge in [0.15, 0.2) is 11.5 Å². The fraction of sp³-hybridized carbons (Fsp3) is 0.182. The maximum absolute atomic E-state index is 13.6. The minimum atomic E-state index is -0.460. The molecular formula is C22H19ClN2O4S. The molecule has 0 aliphatic carbocycles. The van der Waals surface area contributed by atoms with Crippen LogP contribution in [0.2, 0.25) is 5.02 Å². The molecule has 1 aliphatic rings. The number of nitrogens with one attached hydrogen (secondary N) is 1. The summed E-state index contributed by atoms with van der Waals surface area (Å²) in [6.45, 7) is -0.0952. The molecule has 2 amide bonds. The standard InChI is InChI=1S/C22H19ClN2O4S/c1-28-17-8-5-13(10-18(17)29-2)22(27)25-12-20(26)24-16-7-6-14(23)11-15(16)21(25)19-4-3-9-30-19/h3-11,21H,12H2,1-2H3,(H,24,26). The molecule has 0 saturated heterocycles. The summed E-state index contributed by atoms with van der Waals surface area (Å²) in [6.07, 6.45) is 0. The van der Waals surface area contributed by atoms with Crippen molar-refractivity contribution in [2.24, 2.45) is 0 Å². The molecule has 2 aromatic carbocycles. The molecule has 6 nitrogen and oxygen atoms in total. The number of methoxy groups -OCH3 is 2. The minimum Gasteiger partial charge on any atom is -0.493 e. The lowest BCUT2D eigenvalue weighted by Crippen LogP contribution is -2.38. The molecule has 4 rings (SSSR count). The highest BCUT2D eigenvalue weighted by molar-refractivity contribution is 7.10. The number of fused-ring (bicyclic) bond motifs is 1. The van der Waals surface area contributed by atoms with Gasteiger partial charge in [-0.2, -0.15) is 0 Å². The first-order valence-corrected chi connectivity index (χ1v) is 10.4. The molecule has 0 radical (unpaired) electrons. The van der Waals surface area contributed by atoms with Crippen molar-refractivity contribution in [3.05, 3.63) is 74.9 Å². The summed E-state index contributed by atoms with van der Waals surface area (Å²) in [7, 11) is 3.05. The van der Waals surface area contributed by atoms with Crippen LogP contribution in [0.4, 0.5) is 5.69 Å². The Labute approximate surface area is 183 Å². The molecule has 154 valence electrons. The van der Waals surface area contributed by atoms with Crippen LogP contribution >= 0.6 is 22.9 Å². The van der Waals surface area contributed by atoms with E-state index in [1.165, 1.54) is 25.6 Å². The quantitative estimate of drug-likeness (QED) is 0.641. The van der Waals surface area contributed by atoms with Gasteiger partial charge in [-0.15, -0.1) is 11.3 Å². The second-order valence-electron chi connectivity index (χ2n) is 6.70. The number of hydrogen-bond acceptors (Lipinski definition) is 5. The maximum Gasteiger partial charge on any atom is 0.255 e. The Kier molecular flexibility index (Phi) is 5.65. The highest BCUT2D eigenvalue weighted by Gasteiger charge is 2.35. The number of thiophene rings is 1. The van der Waals surface area contributed by atoms with Crippen molar-refractivity contribution in [3.63, 3.8) is 0 Å². The van der Waals surface area contributed by atoms with Gasteiger partial charge in [0.1, 0.15) is 6.54 Å². The maximum atomic E-state index is 13.6. The van der Waals surface area contributed by atoms with Gasteiger partial charge in [0.2, 0.25) is 5.91 Å². The number of amides is 2. The summed E-state index contributed by atoms with van der Waals surface area (Å²) in [5.74, 6) is 0.400. The van der Waals surface area contributed by atoms with Crippen LogP contribution in [0, 0.1) is 0 Å². The van der Waals surface area contributed by atoms with Crippen molar-refractivity contribution >= 4 is 40.4 Å². The molecule has 30 heavy (non-hydrogen) atoms. The van der Waals surface area contributed by atoms with Crippen LogP contribution in [0.25, 0.3) is 0 Å². The van der Waals surface area contributed by atoms with Crippen LogP contribution in [-0.2, 0) is 4.79 Å². The van der Waals surface area contributed by atoms with Crippen LogP contribution in [-0.4, -0.2) is 37.5 Å². The number of carbonyl (C=O) groups excluding carboxylic acids is 2. The van der Waals surface area contributed by atoms with E-state index in [9.17, 15) is 9.59 Å².